The quantitative estimate of drug-likeness (QED) is 0.217. The Labute approximate surface area is 141 Å². The third kappa shape index (κ3) is 17.9. The van der Waals surface area contributed by atoms with Gasteiger partial charge in [0, 0.05) is 5.75 Å². The number of hydrogen-bond donors (Lipinski definition) is 0. The van der Waals surface area contributed by atoms with Gasteiger partial charge in [0.2, 0.25) is 0 Å². The maximum Gasteiger partial charge on any atom is 1.00 e. The van der Waals surface area contributed by atoms with Crippen molar-refractivity contribution in [3.63, 3.8) is 0 Å². The van der Waals surface area contributed by atoms with Gasteiger partial charge in [-0.3, -0.25) is 4.79 Å². The molecule has 0 fully saturated rings. The fourth-order valence-corrected chi connectivity index (χ4v) is 2.34. The first kappa shape index (κ1) is 23.2. The maximum absolute atomic E-state index is 11.2. The van der Waals surface area contributed by atoms with Gasteiger partial charge < -0.3 is 9.29 Å². The molecule has 120 valence electrons. The van der Waals surface area contributed by atoms with E-state index in [4.69, 9.17) is 4.74 Å². The number of rotatable bonds is 12. The fourth-order valence-electron chi connectivity index (χ4n) is 1.78. The summed E-state index contributed by atoms with van der Waals surface area (Å²) in [5.41, 5.74) is 0. The van der Waals surface area contributed by atoms with Crippen molar-refractivity contribution in [3.8, 4) is 0 Å². The topological polar surface area (TPSA) is 83.5 Å². The zero-order valence-corrected chi connectivity index (χ0v) is 14.4. The minimum atomic E-state index is -4.04. The van der Waals surface area contributed by atoms with Gasteiger partial charge in [-0.1, -0.05) is 52.4 Å². The molecule has 0 atom stereocenters. The summed E-state index contributed by atoms with van der Waals surface area (Å²) in [6, 6.07) is 0. The molecule has 0 N–H and O–H groups in total. The summed E-state index contributed by atoms with van der Waals surface area (Å²) in [5.74, 6) is -0.444. The zero-order valence-electron chi connectivity index (χ0n) is 13.6. The summed E-state index contributed by atoms with van der Waals surface area (Å²) < 4.78 is 36.2. The molecule has 0 heterocycles. The third-order valence-electron chi connectivity index (χ3n) is 3.00. The smallest absolute Gasteiger partial charge is 0.748 e. The van der Waals surface area contributed by atoms with Gasteiger partial charge in [-0.15, -0.1) is 0 Å². The van der Waals surface area contributed by atoms with Crippen molar-refractivity contribution in [2.24, 2.45) is 5.92 Å². The van der Waals surface area contributed by atoms with Crippen LogP contribution in [0.4, 0.5) is 0 Å². The number of unbranched alkanes of at least 4 members (excludes halogenated alkanes) is 7. The van der Waals surface area contributed by atoms with Gasteiger partial charge in [0.05, 0.1) is 22.6 Å². The molecule has 7 heteroatoms. The molecule has 0 bridgehead atoms. The standard InChI is InChI=1S/C14H28O5S.Li/c1-13(2)14(15)19-11-9-7-5-3-4-6-8-10-12-20(16,17)18;/h13H,3-12H2,1-2H3,(H,16,17,18);/q;+1/p-1. The van der Waals surface area contributed by atoms with Crippen LogP contribution in [-0.2, 0) is 19.6 Å². The van der Waals surface area contributed by atoms with E-state index in [9.17, 15) is 17.8 Å². The summed E-state index contributed by atoms with van der Waals surface area (Å²) in [7, 11) is -4.04. The third-order valence-corrected chi connectivity index (χ3v) is 3.79. The van der Waals surface area contributed by atoms with Crippen LogP contribution >= 0.6 is 0 Å². The summed E-state index contributed by atoms with van der Waals surface area (Å²) in [6.45, 7) is 4.14. The summed E-state index contributed by atoms with van der Waals surface area (Å²) in [6.07, 6.45) is 7.43. The molecule has 5 nitrogen and oxygen atoms in total. The van der Waals surface area contributed by atoms with Gasteiger partial charge in [0.1, 0.15) is 0 Å². The number of carbonyl (C=O) groups excluding carboxylic acids is 1. The number of hydrogen-bond acceptors (Lipinski definition) is 5. The molecule has 0 rings (SSSR count). The van der Waals surface area contributed by atoms with E-state index in [0.717, 1.165) is 44.9 Å². The van der Waals surface area contributed by atoms with Gasteiger partial charge >= 0.3 is 24.8 Å². The average molecular weight is 314 g/mol. The van der Waals surface area contributed by atoms with Gasteiger partial charge in [-0.25, -0.2) is 8.42 Å². The number of ether oxygens (including phenoxy) is 1. The largest absolute Gasteiger partial charge is 1.00 e. The Morgan fingerprint density at radius 2 is 1.38 bits per heavy atom. The van der Waals surface area contributed by atoms with Crippen LogP contribution in [0.3, 0.4) is 0 Å². The minimum Gasteiger partial charge on any atom is -0.748 e. The van der Waals surface area contributed by atoms with Gasteiger partial charge in [0.15, 0.2) is 0 Å². The number of esters is 1. The summed E-state index contributed by atoms with van der Waals surface area (Å²) in [5, 5.41) is 0. The predicted molar refractivity (Wildman–Crippen MR) is 77.3 cm³/mol. The summed E-state index contributed by atoms with van der Waals surface area (Å²) in [4.78, 5) is 11.2. The first-order chi connectivity index (χ1) is 9.33. The van der Waals surface area contributed by atoms with E-state index in [0.29, 0.717) is 13.0 Å². The second-order valence-electron chi connectivity index (χ2n) is 5.41. The van der Waals surface area contributed by atoms with Gasteiger partial charge in [0.25, 0.3) is 0 Å². The van der Waals surface area contributed by atoms with Crippen molar-refractivity contribution < 1.29 is 41.4 Å². The molecule has 0 saturated carbocycles. The Morgan fingerprint density at radius 3 is 1.81 bits per heavy atom. The number of carbonyl (C=O) groups is 1. The van der Waals surface area contributed by atoms with Crippen molar-refractivity contribution in [2.45, 2.75) is 65.2 Å². The Hall–Kier alpha value is -0.0226. The molecular weight excluding hydrogens is 287 g/mol. The molecule has 0 aliphatic carbocycles. The molecule has 0 spiro atoms. The van der Waals surface area contributed by atoms with Gasteiger partial charge in [-0.2, -0.15) is 0 Å². The maximum atomic E-state index is 11.2. The van der Waals surface area contributed by atoms with Crippen LogP contribution in [0.1, 0.15) is 65.2 Å². The molecule has 0 aliphatic heterocycles. The van der Waals surface area contributed by atoms with Crippen molar-refractivity contribution in [2.75, 3.05) is 12.4 Å². The van der Waals surface area contributed by atoms with E-state index in [1.807, 2.05) is 13.8 Å². The summed E-state index contributed by atoms with van der Waals surface area (Å²) >= 11 is 0. The van der Waals surface area contributed by atoms with Crippen LogP contribution in [0.15, 0.2) is 0 Å². The molecule has 0 aliphatic rings. The monoisotopic (exact) mass is 314 g/mol. The van der Waals surface area contributed by atoms with Crippen molar-refractivity contribution in [1.29, 1.82) is 0 Å². The van der Waals surface area contributed by atoms with Crippen LogP contribution in [0.2, 0.25) is 0 Å². The van der Waals surface area contributed by atoms with Crippen molar-refractivity contribution in [1.82, 2.24) is 0 Å². The zero-order chi connectivity index (χ0) is 15.4. The van der Waals surface area contributed by atoms with E-state index in [2.05, 4.69) is 0 Å². The van der Waals surface area contributed by atoms with Crippen LogP contribution in [0.5, 0.6) is 0 Å². The molecule has 0 radical (unpaired) electrons. The normalized spacial score (nSPS) is 11.2. The SMILES string of the molecule is CC(C)C(=O)OCCCCCCCCCCS(=O)(=O)[O-].[Li+]. The second kappa shape index (κ2) is 13.6. The van der Waals surface area contributed by atoms with E-state index in [1.165, 1.54) is 0 Å². The Balaban J connectivity index is 0. The van der Waals surface area contributed by atoms with Crippen LogP contribution in [0, 0.1) is 5.92 Å². The van der Waals surface area contributed by atoms with Gasteiger partial charge in [-0.05, 0) is 12.8 Å². The minimum absolute atomic E-state index is 0. The average Bonchev–Trinajstić information content (AvgIpc) is 2.34. The first-order valence-corrected chi connectivity index (χ1v) is 9.01. The van der Waals surface area contributed by atoms with Crippen LogP contribution in [-0.4, -0.2) is 31.3 Å². The second-order valence-corrected chi connectivity index (χ2v) is 6.94. The van der Waals surface area contributed by atoms with Crippen LogP contribution < -0.4 is 18.9 Å². The van der Waals surface area contributed by atoms with E-state index in [-0.39, 0.29) is 36.5 Å². The Morgan fingerprint density at radius 1 is 0.952 bits per heavy atom. The Kier molecular flexibility index (Phi) is 15.1. The molecule has 0 unspecified atom stereocenters. The van der Waals surface area contributed by atoms with E-state index in [1.54, 1.807) is 0 Å². The first-order valence-electron chi connectivity index (χ1n) is 7.43. The fraction of sp³-hybridized carbons (Fsp3) is 0.929. The van der Waals surface area contributed by atoms with E-state index < -0.39 is 10.1 Å². The van der Waals surface area contributed by atoms with Crippen LogP contribution in [0.25, 0.3) is 0 Å². The molecular formula is C14H27LiO5S. The molecule has 0 aromatic carbocycles. The van der Waals surface area contributed by atoms with Crippen molar-refractivity contribution >= 4 is 16.1 Å². The Bertz CT molecular complexity index is 354. The molecule has 0 aromatic heterocycles. The predicted octanol–water partition coefficient (Wildman–Crippen LogP) is -0.144. The molecule has 0 aromatic rings. The van der Waals surface area contributed by atoms with E-state index >= 15 is 0 Å². The molecule has 0 saturated heterocycles. The molecule has 21 heavy (non-hydrogen) atoms. The van der Waals surface area contributed by atoms with Crippen molar-refractivity contribution in [3.05, 3.63) is 0 Å². The molecule has 0 amide bonds.